The summed E-state index contributed by atoms with van der Waals surface area (Å²) in [5, 5.41) is 7.95. The molecule has 0 saturated carbocycles. The molecule has 0 amide bonds. The van der Waals surface area contributed by atoms with Gasteiger partial charge in [-0.25, -0.2) is 0 Å². The minimum Gasteiger partial charge on any atom is -0.311 e. The molecule has 2 heteroatoms. The van der Waals surface area contributed by atoms with Gasteiger partial charge >= 0.3 is 0 Å². The second-order valence-corrected chi connectivity index (χ2v) is 15.7. The lowest BCUT2D eigenvalue weighted by Crippen LogP contribution is -2.17. The van der Waals surface area contributed by atoms with Crippen LogP contribution < -0.4 is 9.80 Å². The molecule has 0 atom stereocenters. The van der Waals surface area contributed by atoms with E-state index in [0.717, 1.165) is 34.1 Å². The number of fused-ring (bicyclic) bond motifs is 5. The van der Waals surface area contributed by atoms with E-state index < -0.39 is 0 Å². The number of rotatable bonds is 7. The van der Waals surface area contributed by atoms with Crippen molar-refractivity contribution in [3.8, 4) is 22.3 Å². The van der Waals surface area contributed by atoms with Gasteiger partial charge in [-0.2, -0.15) is 0 Å². The summed E-state index contributed by atoms with van der Waals surface area (Å²) in [5.74, 6) is 0. The molecule has 10 aromatic rings. The van der Waals surface area contributed by atoms with Crippen LogP contribution in [0.5, 0.6) is 0 Å². The lowest BCUT2D eigenvalue weighted by Gasteiger charge is -2.28. The van der Waals surface area contributed by atoms with E-state index in [4.69, 9.17) is 0 Å². The molecule has 270 valence electrons. The molecule has 2 nitrogen and oxygen atoms in total. The molecule has 1 aliphatic rings. The first-order valence-electron chi connectivity index (χ1n) is 19.9. The van der Waals surface area contributed by atoms with Crippen LogP contribution in [0.4, 0.5) is 34.1 Å². The highest BCUT2D eigenvalue weighted by molar-refractivity contribution is 6.31. The van der Waals surface area contributed by atoms with Crippen LogP contribution in [0.25, 0.3) is 54.6 Å². The molecule has 0 saturated heterocycles. The van der Waals surface area contributed by atoms with E-state index in [1.807, 2.05) is 0 Å². The van der Waals surface area contributed by atoms with Crippen molar-refractivity contribution in [2.75, 3.05) is 9.80 Å². The van der Waals surface area contributed by atoms with E-state index >= 15 is 0 Å². The summed E-state index contributed by atoms with van der Waals surface area (Å²) in [6.07, 6.45) is 0. The van der Waals surface area contributed by atoms with E-state index in [0.29, 0.717) is 0 Å². The van der Waals surface area contributed by atoms with Crippen LogP contribution in [0.15, 0.2) is 206 Å². The van der Waals surface area contributed by atoms with Crippen molar-refractivity contribution < 1.29 is 0 Å². The molecule has 0 radical (unpaired) electrons. The molecule has 0 heterocycles. The van der Waals surface area contributed by atoms with Gasteiger partial charge in [0, 0.05) is 39.5 Å². The van der Waals surface area contributed by atoms with Gasteiger partial charge in [0.25, 0.3) is 0 Å². The van der Waals surface area contributed by atoms with Gasteiger partial charge in [0.2, 0.25) is 0 Å². The highest BCUT2D eigenvalue weighted by Gasteiger charge is 2.39. The molecule has 0 N–H and O–H groups in total. The molecule has 0 aliphatic heterocycles. The summed E-state index contributed by atoms with van der Waals surface area (Å²) in [5.41, 5.74) is 14.6. The van der Waals surface area contributed by atoms with Crippen LogP contribution in [0.3, 0.4) is 0 Å². The third-order valence-electron chi connectivity index (χ3n) is 12.1. The largest absolute Gasteiger partial charge is 0.311 e. The first kappa shape index (κ1) is 33.2. The van der Waals surface area contributed by atoms with Gasteiger partial charge in [-0.1, -0.05) is 141 Å². The minimum atomic E-state index is -0.232. The Bertz CT molecular complexity index is 2980. The van der Waals surface area contributed by atoms with Gasteiger partial charge in [0.1, 0.15) is 0 Å². The van der Waals surface area contributed by atoms with Gasteiger partial charge in [0.05, 0.1) is 0 Å². The van der Waals surface area contributed by atoms with Crippen molar-refractivity contribution in [3.05, 3.63) is 217 Å². The zero-order valence-electron chi connectivity index (χ0n) is 32.0. The van der Waals surface area contributed by atoms with E-state index in [9.17, 15) is 0 Å². The van der Waals surface area contributed by atoms with Crippen LogP contribution in [-0.4, -0.2) is 0 Å². The van der Waals surface area contributed by atoms with Gasteiger partial charge in [-0.15, -0.1) is 0 Å². The minimum absolute atomic E-state index is 0.232. The summed E-state index contributed by atoms with van der Waals surface area (Å²) >= 11 is 0. The van der Waals surface area contributed by atoms with Crippen LogP contribution in [-0.2, 0) is 5.41 Å². The number of anilines is 6. The Morgan fingerprint density at radius 1 is 0.351 bits per heavy atom. The van der Waals surface area contributed by atoms with Crippen molar-refractivity contribution in [2.45, 2.75) is 19.3 Å². The fourth-order valence-corrected chi connectivity index (χ4v) is 9.64. The van der Waals surface area contributed by atoms with Gasteiger partial charge in [-0.3, -0.25) is 0 Å². The zero-order chi connectivity index (χ0) is 38.1. The van der Waals surface area contributed by atoms with E-state index in [2.05, 4.69) is 230 Å². The van der Waals surface area contributed by atoms with Gasteiger partial charge in [0.15, 0.2) is 0 Å². The highest BCUT2D eigenvalue weighted by atomic mass is 15.1. The number of benzene rings is 10. The number of hydrogen-bond acceptors (Lipinski definition) is 2. The standard InChI is InChI=1S/C55H40N2/c1-55(2)50-36-44(57(41-22-11-5-12-23-41)42-24-13-6-14-25-42)33-34-46(50)53-47-27-15-17-38-35-49(45-26-16-28-48(54(53)55)52(45)51(38)47)37-29-31-43(32-30-37)56(39-18-7-3-8-19-39)40-20-9-4-10-21-40/h3-36H,1-2H3. The van der Waals surface area contributed by atoms with Crippen molar-refractivity contribution in [2.24, 2.45) is 0 Å². The molecule has 0 unspecified atom stereocenters. The summed E-state index contributed by atoms with van der Waals surface area (Å²) in [6.45, 7) is 4.84. The summed E-state index contributed by atoms with van der Waals surface area (Å²) in [6, 6.07) is 75.2. The van der Waals surface area contributed by atoms with Crippen molar-refractivity contribution >= 4 is 66.4 Å². The zero-order valence-corrected chi connectivity index (χ0v) is 32.0. The molecule has 10 aromatic carbocycles. The van der Waals surface area contributed by atoms with Crippen LogP contribution in [0, 0.1) is 0 Å². The fraction of sp³-hybridized carbons (Fsp3) is 0.0545. The molecule has 57 heavy (non-hydrogen) atoms. The fourth-order valence-electron chi connectivity index (χ4n) is 9.64. The van der Waals surface area contributed by atoms with Crippen LogP contribution >= 0.6 is 0 Å². The monoisotopic (exact) mass is 728 g/mol. The molecular weight excluding hydrogens is 689 g/mol. The Morgan fingerprint density at radius 3 is 1.40 bits per heavy atom. The van der Waals surface area contributed by atoms with Gasteiger partial charge in [-0.05, 0) is 145 Å². The smallest absolute Gasteiger partial charge is 0.0465 e. The first-order chi connectivity index (χ1) is 28.1. The number of hydrogen-bond donors (Lipinski definition) is 0. The maximum absolute atomic E-state index is 2.44. The maximum Gasteiger partial charge on any atom is 0.0465 e. The SMILES string of the molecule is CC1(C)c2cc(N(c3ccccc3)c3ccccc3)ccc2-c2c1c1cccc3c(-c4ccc(N(c5ccccc5)c5ccccc5)cc4)cc4cccc2c4c31. The predicted molar refractivity (Wildman–Crippen MR) is 243 cm³/mol. The Kier molecular flexibility index (Phi) is 7.55. The summed E-state index contributed by atoms with van der Waals surface area (Å²) < 4.78 is 0. The maximum atomic E-state index is 2.44. The van der Waals surface area contributed by atoms with E-state index in [1.54, 1.807) is 0 Å². The highest BCUT2D eigenvalue weighted by Crippen LogP contribution is 2.57. The molecule has 11 rings (SSSR count). The van der Waals surface area contributed by atoms with Crippen molar-refractivity contribution in [3.63, 3.8) is 0 Å². The topological polar surface area (TPSA) is 6.48 Å². The Morgan fingerprint density at radius 2 is 0.825 bits per heavy atom. The molecule has 1 aliphatic carbocycles. The van der Waals surface area contributed by atoms with Crippen LogP contribution in [0.2, 0.25) is 0 Å². The Hall–Kier alpha value is -7.16. The molecule has 0 aromatic heterocycles. The molecular formula is C55H40N2. The molecule has 0 spiro atoms. The average molecular weight is 729 g/mol. The predicted octanol–water partition coefficient (Wildman–Crippen LogP) is 15.5. The number of nitrogens with zero attached hydrogens (tertiary/aromatic N) is 2. The van der Waals surface area contributed by atoms with Crippen molar-refractivity contribution in [1.82, 2.24) is 0 Å². The third kappa shape index (κ3) is 5.18. The second-order valence-electron chi connectivity index (χ2n) is 15.7. The molecule has 0 fully saturated rings. The van der Waals surface area contributed by atoms with Gasteiger partial charge < -0.3 is 9.80 Å². The lowest BCUT2D eigenvalue weighted by molar-refractivity contribution is 0.666. The number of para-hydroxylation sites is 4. The van der Waals surface area contributed by atoms with E-state index in [-0.39, 0.29) is 5.41 Å². The van der Waals surface area contributed by atoms with E-state index in [1.165, 1.54) is 65.7 Å². The third-order valence-corrected chi connectivity index (χ3v) is 12.1. The Balaban J connectivity index is 1.08. The first-order valence-corrected chi connectivity index (χ1v) is 19.9. The molecule has 0 bridgehead atoms. The second kappa shape index (κ2) is 13.0. The normalized spacial score (nSPS) is 12.9. The Labute approximate surface area is 333 Å². The van der Waals surface area contributed by atoms with Crippen LogP contribution in [0.1, 0.15) is 25.0 Å². The average Bonchev–Trinajstić information content (AvgIpc) is 3.51. The summed E-state index contributed by atoms with van der Waals surface area (Å²) in [7, 11) is 0. The summed E-state index contributed by atoms with van der Waals surface area (Å²) in [4.78, 5) is 4.70. The quantitative estimate of drug-likeness (QED) is 0.151. The van der Waals surface area contributed by atoms with Crippen molar-refractivity contribution in [1.29, 1.82) is 0 Å². The lowest BCUT2D eigenvalue weighted by atomic mass is 9.77.